The molecule has 8 nitrogen and oxygen atoms in total. The molecule has 24 heavy (non-hydrogen) atoms. The lowest BCUT2D eigenvalue weighted by Crippen LogP contribution is -2.24. The minimum atomic E-state index is -0.669. The largest absolute Gasteiger partial charge is 0.447 e. The molecule has 0 unspecified atom stereocenters. The first-order valence-electron chi connectivity index (χ1n) is 6.97. The van der Waals surface area contributed by atoms with E-state index in [0.717, 1.165) is 4.57 Å². The molecule has 2 aliphatic rings. The molecule has 2 aromatic rings. The van der Waals surface area contributed by atoms with Crippen molar-refractivity contribution < 1.29 is 9.34 Å². The molecule has 0 fully saturated rings. The fraction of sp³-hybridized carbons (Fsp3) is 0. The summed E-state index contributed by atoms with van der Waals surface area (Å²) in [6.45, 7) is 0. The van der Waals surface area contributed by atoms with Crippen molar-refractivity contribution in [3.63, 3.8) is 0 Å². The van der Waals surface area contributed by atoms with Crippen LogP contribution in [0, 0.1) is 20.9 Å². The highest BCUT2D eigenvalue weighted by atomic mass is 16.6. The summed E-state index contributed by atoms with van der Waals surface area (Å²) in [5.74, 6) is 0. The van der Waals surface area contributed by atoms with Crippen molar-refractivity contribution >= 4 is 16.8 Å². The monoisotopic (exact) mass is 323 g/mol. The maximum Gasteiger partial charge on any atom is 0.303 e. The quantitative estimate of drug-likeness (QED) is 0.447. The zero-order valence-corrected chi connectivity index (χ0v) is 12.1. The van der Waals surface area contributed by atoms with Gasteiger partial charge in [-0.3, -0.25) is 19.7 Å². The Kier molecular flexibility index (Phi) is 2.86. The van der Waals surface area contributed by atoms with E-state index in [0.29, 0.717) is 11.1 Å². The number of nitrogens with one attached hydrogen (secondary N) is 1. The van der Waals surface area contributed by atoms with Crippen LogP contribution >= 0.6 is 0 Å². The first kappa shape index (κ1) is 13.9. The lowest BCUT2D eigenvalue weighted by atomic mass is 10.3. The third-order valence-corrected chi connectivity index (χ3v) is 3.70. The minimum absolute atomic E-state index is 0.0187. The van der Waals surface area contributed by atoms with Gasteiger partial charge >= 0.3 is 5.56 Å². The molecule has 0 radical (unpaired) electrons. The van der Waals surface area contributed by atoms with E-state index >= 15 is 0 Å². The summed E-state index contributed by atoms with van der Waals surface area (Å²) in [5.41, 5.74) is -0.512. The smallest absolute Gasteiger partial charge is 0.303 e. The van der Waals surface area contributed by atoms with Crippen LogP contribution in [0.5, 0.6) is 0 Å². The van der Waals surface area contributed by atoms with Gasteiger partial charge in [-0.2, -0.15) is 0 Å². The van der Waals surface area contributed by atoms with E-state index in [1.165, 1.54) is 24.3 Å². The van der Waals surface area contributed by atoms with Crippen LogP contribution in [0.2, 0.25) is 0 Å². The molecule has 0 bridgehead atoms. The van der Waals surface area contributed by atoms with Gasteiger partial charge in [-0.15, -0.1) is 0 Å². The normalized spacial score (nSPS) is 11.2. The summed E-state index contributed by atoms with van der Waals surface area (Å²) < 4.78 is 6.40. The van der Waals surface area contributed by atoms with Crippen molar-refractivity contribution in [3.8, 4) is 5.69 Å². The molecule has 0 atom stereocenters. The standard InChI is InChI=1S/C16H9N3O5/c20-15-13-14(24-12-7-2-1-6-11(12)17-13)16(21)18(15)9-4-3-5-10(8-9)19(22)23/h1-8,17H. The zero-order chi connectivity index (χ0) is 16.8. The number of hydrogen-bond donors (Lipinski definition) is 1. The number of nitrogens with zero attached hydrogens (tertiary/aromatic N) is 2. The van der Waals surface area contributed by atoms with Gasteiger partial charge in [0.25, 0.3) is 11.2 Å². The van der Waals surface area contributed by atoms with Crippen LogP contribution < -0.4 is 11.1 Å². The van der Waals surface area contributed by atoms with Crippen molar-refractivity contribution in [1.29, 1.82) is 0 Å². The van der Waals surface area contributed by atoms with Gasteiger partial charge in [0, 0.05) is 12.1 Å². The van der Waals surface area contributed by atoms with Crippen molar-refractivity contribution in [2.75, 3.05) is 0 Å². The predicted molar refractivity (Wildman–Crippen MR) is 84.4 cm³/mol. The molecular weight excluding hydrogens is 314 g/mol. The summed E-state index contributed by atoms with van der Waals surface area (Å²) in [6.07, 6.45) is 0. The van der Waals surface area contributed by atoms with E-state index in [2.05, 4.69) is 4.98 Å². The molecule has 0 aromatic heterocycles. The first-order chi connectivity index (χ1) is 11.6. The Morgan fingerprint density at radius 2 is 1.83 bits per heavy atom. The van der Waals surface area contributed by atoms with E-state index in [4.69, 9.17) is 4.42 Å². The van der Waals surface area contributed by atoms with Gasteiger partial charge in [0.2, 0.25) is 5.42 Å². The van der Waals surface area contributed by atoms with Gasteiger partial charge in [-0.1, -0.05) is 18.2 Å². The number of hydrogen-bond acceptors (Lipinski definition) is 5. The Balaban J connectivity index is 2.10. The second kappa shape index (κ2) is 4.92. The highest BCUT2D eigenvalue weighted by Crippen LogP contribution is 2.15. The molecule has 118 valence electrons. The second-order valence-corrected chi connectivity index (χ2v) is 5.15. The van der Waals surface area contributed by atoms with E-state index in [-0.39, 0.29) is 22.1 Å². The topological polar surface area (TPSA) is 111 Å². The number of nitro groups is 1. The average Bonchev–Trinajstić information content (AvgIpc) is 2.84. The molecule has 0 amide bonds. The van der Waals surface area contributed by atoms with E-state index in [1.54, 1.807) is 24.3 Å². The number of fused-ring (bicyclic) bond motifs is 1. The van der Waals surface area contributed by atoms with Gasteiger partial charge < -0.3 is 9.40 Å². The Morgan fingerprint density at radius 3 is 2.62 bits per heavy atom. The molecule has 2 heterocycles. The van der Waals surface area contributed by atoms with Crippen LogP contribution in [0.15, 0.2) is 62.5 Å². The number of aromatic amines is 1. The number of benzene rings is 2. The molecule has 8 heteroatoms. The Bertz CT molecular complexity index is 1210. The number of rotatable bonds is 2. The molecule has 0 saturated carbocycles. The minimum Gasteiger partial charge on any atom is -0.447 e. The summed E-state index contributed by atoms with van der Waals surface area (Å²) in [5, 5.41) is 10.9. The highest BCUT2D eigenvalue weighted by Gasteiger charge is 2.17. The Morgan fingerprint density at radius 1 is 1.04 bits per heavy atom. The molecule has 0 spiro atoms. The maximum atomic E-state index is 12.6. The van der Waals surface area contributed by atoms with Gasteiger partial charge in [-0.25, -0.2) is 4.57 Å². The molecule has 0 saturated heterocycles. The van der Waals surface area contributed by atoms with Crippen LogP contribution in [0.4, 0.5) is 5.69 Å². The summed E-state index contributed by atoms with van der Waals surface area (Å²) in [7, 11) is 0. The Labute approximate surface area is 132 Å². The lowest BCUT2D eigenvalue weighted by Gasteiger charge is -1.99. The number of aromatic nitrogens is 2. The average molecular weight is 323 g/mol. The third kappa shape index (κ3) is 1.93. The number of nitro benzene ring substituents is 1. The van der Waals surface area contributed by atoms with Crippen molar-refractivity contribution in [3.05, 3.63) is 90.1 Å². The zero-order valence-electron chi connectivity index (χ0n) is 12.1. The maximum absolute atomic E-state index is 12.6. The van der Waals surface area contributed by atoms with E-state index < -0.39 is 16.0 Å². The molecule has 2 aliphatic heterocycles. The van der Waals surface area contributed by atoms with E-state index in [9.17, 15) is 19.7 Å². The number of non-ortho nitro benzene ring substituents is 1. The van der Waals surface area contributed by atoms with Crippen LogP contribution in [0.25, 0.3) is 16.8 Å². The first-order valence-corrected chi connectivity index (χ1v) is 6.97. The van der Waals surface area contributed by atoms with Crippen LogP contribution in [0.3, 0.4) is 0 Å². The van der Waals surface area contributed by atoms with Crippen molar-refractivity contribution in [2.45, 2.75) is 0 Å². The Hall–Kier alpha value is -3.68. The molecule has 1 N–H and O–H groups in total. The second-order valence-electron chi connectivity index (χ2n) is 5.15. The van der Waals surface area contributed by atoms with Gasteiger partial charge in [-0.05, 0) is 18.2 Å². The lowest BCUT2D eigenvalue weighted by molar-refractivity contribution is -0.384. The molecule has 4 rings (SSSR count). The van der Waals surface area contributed by atoms with Gasteiger partial charge in [0.1, 0.15) is 0 Å². The predicted octanol–water partition coefficient (Wildman–Crippen LogP) is 1.90. The van der Waals surface area contributed by atoms with E-state index in [1.807, 2.05) is 0 Å². The fourth-order valence-corrected chi connectivity index (χ4v) is 2.60. The van der Waals surface area contributed by atoms with Gasteiger partial charge in [0.15, 0.2) is 10.9 Å². The number of H-pyrrole nitrogens is 1. The van der Waals surface area contributed by atoms with Crippen molar-refractivity contribution in [2.24, 2.45) is 0 Å². The number of para-hydroxylation sites is 2. The third-order valence-electron chi connectivity index (χ3n) is 3.70. The molecule has 0 aliphatic carbocycles. The summed E-state index contributed by atoms with van der Waals surface area (Å²) in [6, 6.07) is 12.2. The molecular formula is C16H9N3O5. The van der Waals surface area contributed by atoms with Crippen LogP contribution in [-0.4, -0.2) is 14.5 Å². The summed E-state index contributed by atoms with van der Waals surface area (Å²) in [4.78, 5) is 38.3. The SMILES string of the molecule is O=c1c2[nH]c3ccccc3oc=2c(=O)n1-c1cccc([N+](=O)[O-])c1. The van der Waals surface area contributed by atoms with Crippen LogP contribution in [0.1, 0.15) is 0 Å². The summed E-state index contributed by atoms with van der Waals surface area (Å²) >= 11 is 0. The van der Waals surface area contributed by atoms with Gasteiger partial charge in [0.05, 0.1) is 16.1 Å². The van der Waals surface area contributed by atoms with Crippen molar-refractivity contribution in [1.82, 2.24) is 9.55 Å². The highest BCUT2D eigenvalue weighted by molar-refractivity contribution is 5.71. The fourth-order valence-electron chi connectivity index (χ4n) is 2.60. The van der Waals surface area contributed by atoms with Crippen LogP contribution in [-0.2, 0) is 0 Å². The molecule has 2 aromatic carbocycles.